The van der Waals surface area contributed by atoms with Gasteiger partial charge in [0.1, 0.15) is 5.75 Å². The predicted molar refractivity (Wildman–Crippen MR) is 81.0 cm³/mol. The van der Waals surface area contributed by atoms with Crippen LogP contribution < -0.4 is 10.5 Å². The van der Waals surface area contributed by atoms with Crippen molar-refractivity contribution in [1.82, 2.24) is 4.90 Å². The summed E-state index contributed by atoms with van der Waals surface area (Å²) in [4.78, 5) is 13.1. The molecule has 0 aliphatic rings. The van der Waals surface area contributed by atoms with E-state index in [2.05, 4.69) is 0 Å². The third kappa shape index (κ3) is 5.73. The highest BCUT2D eigenvalue weighted by Crippen LogP contribution is 2.15. The minimum Gasteiger partial charge on any atom is -0.494 e. The summed E-state index contributed by atoms with van der Waals surface area (Å²) in [6, 6.07) is 6.00. The molecule has 0 saturated carbocycles. The number of hydrogen-bond donors (Lipinski definition) is 1. The van der Waals surface area contributed by atoms with Crippen LogP contribution in [0.25, 0.3) is 0 Å². The number of primary amides is 1. The van der Waals surface area contributed by atoms with Crippen molar-refractivity contribution in [3.8, 4) is 5.75 Å². The first-order chi connectivity index (χ1) is 9.71. The van der Waals surface area contributed by atoms with Crippen LogP contribution in [-0.4, -0.2) is 51.7 Å². The SMILES string of the molecule is C[C@H](C(N)=O)N(C)CCCOc1ccc(S(C)(=O)=O)cc1. The number of nitrogens with two attached hydrogens (primary N) is 1. The molecule has 0 radical (unpaired) electrons. The second-order valence-electron chi connectivity index (χ2n) is 5.00. The summed E-state index contributed by atoms with van der Waals surface area (Å²) >= 11 is 0. The number of hydrogen-bond acceptors (Lipinski definition) is 5. The van der Waals surface area contributed by atoms with E-state index in [4.69, 9.17) is 10.5 Å². The van der Waals surface area contributed by atoms with Gasteiger partial charge in [0.05, 0.1) is 17.5 Å². The molecule has 21 heavy (non-hydrogen) atoms. The topological polar surface area (TPSA) is 89.7 Å². The molecular weight excluding hydrogens is 292 g/mol. The lowest BCUT2D eigenvalue weighted by molar-refractivity contribution is -0.122. The Morgan fingerprint density at radius 1 is 1.33 bits per heavy atom. The van der Waals surface area contributed by atoms with Crippen molar-refractivity contribution in [3.05, 3.63) is 24.3 Å². The van der Waals surface area contributed by atoms with E-state index in [1.54, 1.807) is 19.1 Å². The van der Waals surface area contributed by atoms with Gasteiger partial charge in [-0.25, -0.2) is 8.42 Å². The molecule has 0 fully saturated rings. The van der Waals surface area contributed by atoms with E-state index in [0.29, 0.717) is 18.9 Å². The van der Waals surface area contributed by atoms with Crippen molar-refractivity contribution in [3.63, 3.8) is 0 Å². The Hall–Kier alpha value is -1.60. The number of ether oxygens (including phenoxy) is 1. The summed E-state index contributed by atoms with van der Waals surface area (Å²) in [7, 11) is -1.35. The molecule has 118 valence electrons. The lowest BCUT2D eigenvalue weighted by atomic mass is 10.2. The fraction of sp³-hybridized carbons (Fsp3) is 0.500. The van der Waals surface area contributed by atoms with E-state index >= 15 is 0 Å². The minimum atomic E-state index is -3.18. The Balaban J connectivity index is 2.38. The number of sulfone groups is 1. The van der Waals surface area contributed by atoms with Crippen LogP contribution in [0, 0.1) is 0 Å². The second kappa shape index (κ2) is 7.42. The van der Waals surface area contributed by atoms with Crippen molar-refractivity contribution in [2.24, 2.45) is 5.73 Å². The first kappa shape index (κ1) is 17.5. The number of likely N-dealkylation sites (N-methyl/N-ethyl adjacent to an activating group) is 1. The summed E-state index contributed by atoms with van der Waals surface area (Å²) in [6.07, 6.45) is 1.90. The lowest BCUT2D eigenvalue weighted by Gasteiger charge is -2.21. The zero-order valence-corrected chi connectivity index (χ0v) is 13.4. The summed E-state index contributed by atoms with van der Waals surface area (Å²) < 4.78 is 28.2. The van der Waals surface area contributed by atoms with Gasteiger partial charge in [-0.1, -0.05) is 0 Å². The van der Waals surface area contributed by atoms with Crippen molar-refractivity contribution >= 4 is 15.7 Å². The Bertz CT molecular complexity index is 569. The number of rotatable bonds is 8. The first-order valence-electron chi connectivity index (χ1n) is 6.64. The molecule has 0 spiro atoms. The molecular formula is C14H22N2O4S. The van der Waals surface area contributed by atoms with E-state index in [0.717, 1.165) is 6.42 Å². The number of amides is 1. The lowest BCUT2D eigenvalue weighted by Crippen LogP contribution is -2.40. The maximum atomic E-state index is 11.3. The highest BCUT2D eigenvalue weighted by Gasteiger charge is 2.13. The van der Waals surface area contributed by atoms with Gasteiger partial charge in [-0.2, -0.15) is 0 Å². The van der Waals surface area contributed by atoms with Crippen molar-refractivity contribution in [1.29, 1.82) is 0 Å². The number of nitrogens with zero attached hydrogens (tertiary/aromatic N) is 1. The number of carbonyl (C=O) groups is 1. The molecule has 0 aromatic heterocycles. The van der Waals surface area contributed by atoms with Gasteiger partial charge in [0.25, 0.3) is 0 Å². The normalized spacial score (nSPS) is 13.1. The fourth-order valence-corrected chi connectivity index (χ4v) is 2.33. The van der Waals surface area contributed by atoms with Crippen molar-refractivity contribution < 1.29 is 17.9 Å². The molecule has 7 heteroatoms. The Morgan fingerprint density at radius 2 is 1.90 bits per heavy atom. The van der Waals surface area contributed by atoms with Crippen LogP contribution in [0.2, 0.25) is 0 Å². The third-order valence-corrected chi connectivity index (χ3v) is 4.38. The zero-order valence-electron chi connectivity index (χ0n) is 12.6. The largest absolute Gasteiger partial charge is 0.494 e. The Morgan fingerprint density at radius 3 is 2.38 bits per heavy atom. The van der Waals surface area contributed by atoms with E-state index < -0.39 is 9.84 Å². The summed E-state index contributed by atoms with van der Waals surface area (Å²) in [5, 5.41) is 0. The van der Waals surface area contributed by atoms with Crippen molar-refractivity contribution in [2.45, 2.75) is 24.3 Å². The van der Waals surface area contributed by atoms with E-state index in [1.807, 2.05) is 11.9 Å². The standard InChI is InChI=1S/C14H22N2O4S/c1-11(14(15)17)16(2)9-4-10-20-12-5-7-13(8-6-12)21(3,18)19/h5-8,11H,4,9-10H2,1-3H3,(H2,15,17)/t11-/m1/s1. The van der Waals surface area contributed by atoms with Crippen LogP contribution >= 0.6 is 0 Å². The maximum Gasteiger partial charge on any atom is 0.234 e. The average Bonchev–Trinajstić information content (AvgIpc) is 2.42. The molecule has 0 saturated heterocycles. The molecule has 1 aromatic rings. The fourth-order valence-electron chi connectivity index (χ4n) is 1.70. The summed E-state index contributed by atoms with van der Waals surface area (Å²) in [5.74, 6) is 0.266. The van der Waals surface area contributed by atoms with Gasteiger partial charge >= 0.3 is 0 Å². The van der Waals surface area contributed by atoms with Crippen LogP contribution in [0.5, 0.6) is 5.75 Å². The highest BCUT2D eigenvalue weighted by atomic mass is 32.2. The number of carbonyl (C=O) groups excluding carboxylic acids is 1. The minimum absolute atomic E-state index is 0.268. The molecule has 0 bridgehead atoms. The zero-order chi connectivity index (χ0) is 16.0. The van der Waals surface area contributed by atoms with E-state index in [-0.39, 0.29) is 16.8 Å². The quantitative estimate of drug-likeness (QED) is 0.712. The Kier molecular flexibility index (Phi) is 6.17. The smallest absolute Gasteiger partial charge is 0.234 e. The monoisotopic (exact) mass is 314 g/mol. The summed E-state index contributed by atoms with van der Waals surface area (Å²) in [5.41, 5.74) is 5.22. The first-order valence-corrected chi connectivity index (χ1v) is 8.53. The molecule has 1 rings (SSSR count). The van der Waals surface area contributed by atoms with Crippen molar-refractivity contribution in [2.75, 3.05) is 26.5 Å². The van der Waals surface area contributed by atoms with Crippen LogP contribution in [0.1, 0.15) is 13.3 Å². The maximum absolute atomic E-state index is 11.3. The van der Waals surface area contributed by atoms with Gasteiger partial charge in [-0.05, 0) is 44.7 Å². The molecule has 1 amide bonds. The van der Waals surface area contributed by atoms with Gasteiger partial charge in [0, 0.05) is 12.8 Å². The molecule has 1 atom stereocenters. The second-order valence-corrected chi connectivity index (χ2v) is 7.02. The molecule has 0 aliphatic carbocycles. The van der Waals surface area contributed by atoms with Gasteiger partial charge in [0.2, 0.25) is 5.91 Å². The molecule has 0 unspecified atom stereocenters. The van der Waals surface area contributed by atoms with Crippen LogP contribution in [0.15, 0.2) is 29.2 Å². The molecule has 2 N–H and O–H groups in total. The Labute approximate surface area is 125 Å². The van der Waals surface area contributed by atoms with Gasteiger partial charge in [-0.3, -0.25) is 9.69 Å². The molecule has 6 nitrogen and oxygen atoms in total. The van der Waals surface area contributed by atoms with Gasteiger partial charge in [-0.15, -0.1) is 0 Å². The van der Waals surface area contributed by atoms with Crippen LogP contribution in [0.4, 0.5) is 0 Å². The summed E-state index contributed by atoms with van der Waals surface area (Å²) in [6.45, 7) is 2.92. The van der Waals surface area contributed by atoms with Gasteiger partial charge < -0.3 is 10.5 Å². The third-order valence-electron chi connectivity index (χ3n) is 3.25. The molecule has 1 aromatic carbocycles. The van der Waals surface area contributed by atoms with E-state index in [9.17, 15) is 13.2 Å². The van der Waals surface area contributed by atoms with E-state index in [1.165, 1.54) is 18.4 Å². The van der Waals surface area contributed by atoms with Gasteiger partial charge in [0.15, 0.2) is 9.84 Å². The number of benzene rings is 1. The highest BCUT2D eigenvalue weighted by molar-refractivity contribution is 7.90. The van der Waals surface area contributed by atoms with Crippen LogP contribution in [-0.2, 0) is 14.6 Å². The predicted octanol–water partition coefficient (Wildman–Crippen LogP) is 0.665. The molecule has 0 aliphatic heterocycles. The van der Waals surface area contributed by atoms with Crippen LogP contribution in [0.3, 0.4) is 0 Å². The average molecular weight is 314 g/mol. The molecule has 0 heterocycles.